The smallest absolute Gasteiger partial charge is 0.156 e. The molecule has 1 N–H and O–H groups in total. The molecule has 0 amide bonds. The summed E-state index contributed by atoms with van der Waals surface area (Å²) in [6.07, 6.45) is 1.79. The molecular formula is C20H22N2O. The molecule has 0 aliphatic carbocycles. The van der Waals surface area contributed by atoms with E-state index in [0.29, 0.717) is 5.92 Å². The van der Waals surface area contributed by atoms with E-state index in [0.717, 1.165) is 22.6 Å². The lowest BCUT2D eigenvalue weighted by molar-refractivity contribution is 0.117. The van der Waals surface area contributed by atoms with Gasteiger partial charge in [-0.05, 0) is 11.1 Å². The number of aliphatic hydroxyl groups is 1. The highest BCUT2D eigenvalue weighted by atomic mass is 16.3. The highest BCUT2D eigenvalue weighted by Gasteiger charge is 2.37. The molecule has 0 bridgehead atoms. The fourth-order valence-corrected chi connectivity index (χ4v) is 3.12. The number of hydrogen-bond donors (Lipinski definition) is 1. The van der Waals surface area contributed by atoms with Gasteiger partial charge in [-0.25, -0.2) is 4.98 Å². The summed E-state index contributed by atoms with van der Waals surface area (Å²) in [6.45, 7) is 4.21. The summed E-state index contributed by atoms with van der Waals surface area (Å²) in [4.78, 5) is 4.54. The second-order valence-electron chi connectivity index (χ2n) is 6.16. The Bertz CT molecular complexity index is 736. The summed E-state index contributed by atoms with van der Waals surface area (Å²) < 4.78 is 2.00. The molecule has 3 rings (SSSR count). The molecule has 1 heterocycles. The van der Waals surface area contributed by atoms with Crippen LogP contribution >= 0.6 is 0 Å². The minimum Gasteiger partial charge on any atom is -0.374 e. The monoisotopic (exact) mass is 306 g/mol. The van der Waals surface area contributed by atoms with E-state index >= 15 is 0 Å². The third-order valence-corrected chi connectivity index (χ3v) is 4.29. The molecule has 1 aromatic heterocycles. The van der Waals surface area contributed by atoms with Crippen molar-refractivity contribution < 1.29 is 5.11 Å². The zero-order valence-corrected chi connectivity index (χ0v) is 13.8. The lowest BCUT2D eigenvalue weighted by atomic mass is 9.83. The summed E-state index contributed by atoms with van der Waals surface area (Å²) in [5.41, 5.74) is 1.23. The molecule has 3 aromatic rings. The molecule has 0 atom stereocenters. The van der Waals surface area contributed by atoms with Crippen LogP contribution in [-0.2, 0) is 12.6 Å². The third-order valence-electron chi connectivity index (χ3n) is 4.29. The molecule has 0 unspecified atom stereocenters. The highest BCUT2D eigenvalue weighted by molar-refractivity contribution is 5.44. The first kappa shape index (κ1) is 15.5. The van der Waals surface area contributed by atoms with Gasteiger partial charge in [0.2, 0.25) is 0 Å². The minimum atomic E-state index is -1.22. The van der Waals surface area contributed by atoms with Crippen LogP contribution in [0.1, 0.15) is 42.4 Å². The maximum absolute atomic E-state index is 11.7. The van der Waals surface area contributed by atoms with Gasteiger partial charge in [0.05, 0.1) is 11.9 Å². The predicted octanol–water partition coefficient (Wildman–Crippen LogP) is 3.83. The van der Waals surface area contributed by atoms with Gasteiger partial charge in [-0.15, -0.1) is 0 Å². The number of aromatic nitrogens is 2. The second-order valence-corrected chi connectivity index (χ2v) is 6.16. The summed E-state index contributed by atoms with van der Waals surface area (Å²) >= 11 is 0. The van der Waals surface area contributed by atoms with E-state index in [1.165, 1.54) is 0 Å². The Kier molecular flexibility index (Phi) is 4.05. The van der Waals surface area contributed by atoms with Gasteiger partial charge in [0.15, 0.2) is 5.60 Å². The Labute approximate surface area is 137 Å². The molecule has 3 nitrogen and oxygen atoms in total. The van der Waals surface area contributed by atoms with Crippen LogP contribution in [-0.4, -0.2) is 14.7 Å². The second kappa shape index (κ2) is 6.01. The van der Waals surface area contributed by atoms with Gasteiger partial charge in [0.25, 0.3) is 0 Å². The van der Waals surface area contributed by atoms with Crippen molar-refractivity contribution >= 4 is 0 Å². The van der Waals surface area contributed by atoms with Crippen LogP contribution in [0, 0.1) is 0 Å². The normalized spacial score (nSPS) is 11.9. The quantitative estimate of drug-likeness (QED) is 0.795. The van der Waals surface area contributed by atoms with Gasteiger partial charge in [-0.2, -0.15) is 0 Å². The van der Waals surface area contributed by atoms with Crippen LogP contribution in [0.5, 0.6) is 0 Å². The van der Waals surface area contributed by atoms with Crippen molar-refractivity contribution in [3.05, 3.63) is 89.5 Å². The van der Waals surface area contributed by atoms with E-state index < -0.39 is 5.60 Å². The average molecular weight is 306 g/mol. The van der Waals surface area contributed by atoms with Gasteiger partial charge in [0.1, 0.15) is 5.82 Å². The number of imidazole rings is 1. The van der Waals surface area contributed by atoms with Gasteiger partial charge < -0.3 is 9.67 Å². The van der Waals surface area contributed by atoms with Crippen molar-refractivity contribution in [2.24, 2.45) is 7.05 Å². The maximum Gasteiger partial charge on any atom is 0.156 e. The molecule has 3 heteroatoms. The Morgan fingerprint density at radius 3 is 1.78 bits per heavy atom. The van der Waals surface area contributed by atoms with Crippen LogP contribution in [0.3, 0.4) is 0 Å². The van der Waals surface area contributed by atoms with Gasteiger partial charge in [-0.1, -0.05) is 74.5 Å². The molecule has 0 fully saturated rings. The maximum atomic E-state index is 11.7. The van der Waals surface area contributed by atoms with E-state index in [9.17, 15) is 5.11 Å². The molecule has 0 aliphatic rings. The Morgan fingerprint density at radius 2 is 1.39 bits per heavy atom. The van der Waals surface area contributed by atoms with Crippen LogP contribution < -0.4 is 0 Å². The molecule has 0 saturated carbocycles. The lowest BCUT2D eigenvalue weighted by Gasteiger charge is -2.30. The van der Waals surface area contributed by atoms with Crippen molar-refractivity contribution in [3.8, 4) is 0 Å². The largest absolute Gasteiger partial charge is 0.374 e. The Balaban J connectivity index is 2.26. The minimum absolute atomic E-state index is 0.296. The van der Waals surface area contributed by atoms with Crippen molar-refractivity contribution in [2.45, 2.75) is 25.4 Å². The fourth-order valence-electron chi connectivity index (χ4n) is 3.12. The van der Waals surface area contributed by atoms with Crippen molar-refractivity contribution in [1.29, 1.82) is 0 Å². The van der Waals surface area contributed by atoms with Crippen molar-refractivity contribution in [2.75, 3.05) is 0 Å². The van der Waals surface area contributed by atoms with Gasteiger partial charge in [-0.3, -0.25) is 0 Å². The number of hydrogen-bond acceptors (Lipinski definition) is 2. The van der Waals surface area contributed by atoms with E-state index in [4.69, 9.17) is 0 Å². The molecule has 118 valence electrons. The topological polar surface area (TPSA) is 38.1 Å². The molecule has 0 radical (unpaired) electrons. The summed E-state index contributed by atoms with van der Waals surface area (Å²) in [5, 5.41) is 11.7. The van der Waals surface area contributed by atoms with E-state index in [2.05, 4.69) is 18.8 Å². The summed E-state index contributed by atoms with van der Waals surface area (Å²) in [7, 11) is 1.97. The molecule has 2 aromatic carbocycles. The first-order valence-corrected chi connectivity index (χ1v) is 7.90. The van der Waals surface area contributed by atoms with Crippen LogP contribution in [0.4, 0.5) is 0 Å². The van der Waals surface area contributed by atoms with Gasteiger partial charge in [0, 0.05) is 13.0 Å². The summed E-state index contributed by atoms with van der Waals surface area (Å²) in [5.74, 6) is 1.26. The van der Waals surface area contributed by atoms with Crippen LogP contribution in [0.25, 0.3) is 0 Å². The first-order chi connectivity index (χ1) is 11.0. The van der Waals surface area contributed by atoms with Gasteiger partial charge >= 0.3 is 0 Å². The number of benzene rings is 2. The zero-order chi connectivity index (χ0) is 16.4. The first-order valence-electron chi connectivity index (χ1n) is 7.90. The predicted molar refractivity (Wildman–Crippen MR) is 92.3 cm³/mol. The number of nitrogens with zero attached hydrogens (tertiary/aromatic N) is 2. The van der Waals surface area contributed by atoms with Crippen LogP contribution in [0.15, 0.2) is 66.9 Å². The molecule has 23 heavy (non-hydrogen) atoms. The number of rotatable bonds is 4. The molecular weight excluding hydrogens is 284 g/mol. The van der Waals surface area contributed by atoms with E-state index in [-0.39, 0.29) is 0 Å². The van der Waals surface area contributed by atoms with Crippen molar-refractivity contribution in [1.82, 2.24) is 9.55 Å². The third kappa shape index (κ3) is 2.57. The zero-order valence-electron chi connectivity index (χ0n) is 13.8. The highest BCUT2D eigenvalue weighted by Crippen LogP contribution is 2.37. The average Bonchev–Trinajstić information content (AvgIpc) is 2.98. The van der Waals surface area contributed by atoms with Crippen LogP contribution in [0.2, 0.25) is 0 Å². The standard InChI is InChI=1S/C20H22N2O/c1-15(2)19-21-14-18(22(19)3)20(23,16-10-6-4-7-11-16)17-12-8-5-9-13-17/h4-15,23H,1-3H3. The fraction of sp³-hybridized carbons (Fsp3) is 0.250. The Morgan fingerprint density at radius 1 is 0.913 bits per heavy atom. The van der Waals surface area contributed by atoms with Crippen molar-refractivity contribution in [3.63, 3.8) is 0 Å². The Hall–Kier alpha value is -2.39. The summed E-state index contributed by atoms with van der Waals surface area (Å²) in [6, 6.07) is 19.5. The lowest BCUT2D eigenvalue weighted by Crippen LogP contribution is -2.31. The SMILES string of the molecule is CC(C)c1ncc(C(O)(c2ccccc2)c2ccccc2)n1C. The molecule has 0 saturated heterocycles. The molecule has 0 aliphatic heterocycles. The molecule has 0 spiro atoms. The van der Waals surface area contributed by atoms with E-state index in [1.54, 1.807) is 6.20 Å². The van der Waals surface area contributed by atoms with E-state index in [1.807, 2.05) is 72.3 Å².